The van der Waals surface area contributed by atoms with Crippen molar-refractivity contribution in [3.8, 4) is 0 Å². The highest BCUT2D eigenvalue weighted by atomic mass is 35.6. The highest BCUT2D eigenvalue weighted by Crippen LogP contribution is 2.37. The summed E-state index contributed by atoms with van der Waals surface area (Å²) in [4.78, 5) is 0. The summed E-state index contributed by atoms with van der Waals surface area (Å²) in [5.74, 6) is 1.06. The van der Waals surface area contributed by atoms with Gasteiger partial charge < -0.3 is 4.23 Å². The van der Waals surface area contributed by atoms with E-state index in [1.165, 1.54) is 16.8 Å². The average Bonchev–Trinajstić information content (AvgIpc) is 2.27. The molecule has 0 heterocycles. The molecule has 0 aliphatic carbocycles. The van der Waals surface area contributed by atoms with Gasteiger partial charge in [0.15, 0.2) is 0 Å². The molecule has 0 saturated carbocycles. The van der Waals surface area contributed by atoms with Crippen molar-refractivity contribution in [1.82, 2.24) is 0 Å². The molecule has 1 nitrogen and oxygen atoms in total. The van der Waals surface area contributed by atoms with Crippen LogP contribution < -0.4 is 4.23 Å². The Balaban J connectivity index is 3.52. The first-order valence-corrected chi connectivity index (χ1v) is 12.4. The van der Waals surface area contributed by atoms with Gasteiger partial charge in [-0.15, -0.1) is 11.1 Å². The molecular weight excluding hydrogens is 286 g/mol. The normalized spacial score (nSPS) is 12.3. The number of nitrogens with zero attached hydrogens (tertiary/aromatic N) is 1. The van der Waals surface area contributed by atoms with Gasteiger partial charge in [0.05, 0.1) is 0 Å². The molecule has 19 heavy (non-hydrogen) atoms. The fourth-order valence-corrected chi connectivity index (χ4v) is 7.10. The highest BCUT2D eigenvalue weighted by molar-refractivity contribution is 7.05. The monoisotopic (exact) mass is 311 g/mol. The Labute approximate surface area is 127 Å². The first-order chi connectivity index (χ1) is 8.70. The average molecular weight is 312 g/mol. The van der Waals surface area contributed by atoms with Crippen LogP contribution in [0, 0.1) is 0 Å². The van der Waals surface area contributed by atoms with Crippen molar-refractivity contribution in [2.45, 2.75) is 59.2 Å². The van der Waals surface area contributed by atoms with Gasteiger partial charge in [0.25, 0.3) is 0 Å². The molecule has 0 amide bonds. The molecule has 1 aromatic carbocycles. The summed E-state index contributed by atoms with van der Waals surface area (Å²) in [5.41, 5.74) is 4.27. The van der Waals surface area contributed by atoms with E-state index in [2.05, 4.69) is 69.8 Å². The number of halogens is 1. The van der Waals surface area contributed by atoms with Crippen molar-refractivity contribution in [3.05, 3.63) is 29.3 Å². The molecule has 1 aromatic rings. The largest absolute Gasteiger partial charge is 0.412 e. The summed E-state index contributed by atoms with van der Waals surface area (Å²) < 4.78 is 2.49. The Bertz CT molecular complexity index is 398. The molecule has 0 aliphatic heterocycles. The SMILES string of the molecule is CC(C)c1cccc(C(C)C)c1N([Si]Cl)[Si](C)(C)C. The topological polar surface area (TPSA) is 3.24 Å². The van der Waals surface area contributed by atoms with E-state index in [-0.39, 0.29) is 0 Å². The maximum absolute atomic E-state index is 6.33. The van der Waals surface area contributed by atoms with Gasteiger partial charge in [-0.2, -0.15) is 0 Å². The quantitative estimate of drug-likeness (QED) is 0.523. The van der Waals surface area contributed by atoms with E-state index in [1.807, 2.05) is 0 Å². The third kappa shape index (κ3) is 3.86. The molecular formula is C15H26ClNSi2. The van der Waals surface area contributed by atoms with Gasteiger partial charge >= 0.3 is 8.99 Å². The van der Waals surface area contributed by atoms with E-state index in [1.54, 1.807) is 0 Å². The van der Waals surface area contributed by atoms with E-state index < -0.39 is 8.24 Å². The Hall–Kier alpha value is -0.256. The zero-order valence-corrected chi connectivity index (χ0v) is 16.0. The van der Waals surface area contributed by atoms with Crippen LogP contribution in [0.2, 0.25) is 19.6 Å². The molecule has 0 aliphatic rings. The standard InChI is InChI=1S/C15H26ClNSi2/c1-11(2)13-9-8-10-14(12(3)4)15(13)17(18-16)19(5,6)7/h8-12H,1-7H3. The first-order valence-electron chi connectivity index (χ1n) is 6.99. The Kier molecular flexibility index (Phi) is 5.71. The second-order valence-electron chi connectivity index (χ2n) is 6.69. The third-order valence-corrected chi connectivity index (χ3v) is 8.56. The zero-order chi connectivity index (χ0) is 14.8. The smallest absolute Gasteiger partial charge is 0.302 e. The van der Waals surface area contributed by atoms with Crippen LogP contribution in [0.1, 0.15) is 50.7 Å². The van der Waals surface area contributed by atoms with Gasteiger partial charge in [-0.1, -0.05) is 65.5 Å². The second kappa shape index (κ2) is 6.46. The third-order valence-electron chi connectivity index (χ3n) is 3.32. The van der Waals surface area contributed by atoms with Crippen molar-refractivity contribution >= 4 is 34.0 Å². The highest BCUT2D eigenvalue weighted by Gasteiger charge is 2.29. The fourth-order valence-electron chi connectivity index (χ4n) is 2.27. The van der Waals surface area contributed by atoms with Crippen molar-refractivity contribution < 1.29 is 0 Å². The van der Waals surface area contributed by atoms with Crippen LogP contribution >= 0.6 is 11.1 Å². The van der Waals surface area contributed by atoms with E-state index in [0.717, 1.165) is 0 Å². The van der Waals surface area contributed by atoms with Crippen molar-refractivity contribution in [2.75, 3.05) is 4.23 Å². The summed E-state index contributed by atoms with van der Waals surface area (Å²) in [7, 11) is -1.15. The molecule has 4 heteroatoms. The molecule has 0 aromatic heterocycles. The van der Waals surface area contributed by atoms with Gasteiger partial charge in [0, 0.05) is 5.69 Å². The van der Waals surface area contributed by atoms with Crippen LogP contribution in [0.25, 0.3) is 0 Å². The molecule has 0 bridgehead atoms. The second-order valence-corrected chi connectivity index (χ2v) is 13.0. The summed E-state index contributed by atoms with van der Waals surface area (Å²) in [5, 5.41) is 0. The lowest BCUT2D eigenvalue weighted by Crippen LogP contribution is -2.48. The van der Waals surface area contributed by atoms with Crippen molar-refractivity contribution in [2.24, 2.45) is 0 Å². The van der Waals surface area contributed by atoms with Crippen LogP contribution in [-0.4, -0.2) is 17.2 Å². The van der Waals surface area contributed by atoms with Gasteiger partial charge in [-0.25, -0.2) is 0 Å². The Morgan fingerprint density at radius 3 is 1.68 bits per heavy atom. The van der Waals surface area contributed by atoms with Crippen LogP contribution in [0.15, 0.2) is 18.2 Å². The fraction of sp³-hybridized carbons (Fsp3) is 0.600. The minimum atomic E-state index is -1.47. The lowest BCUT2D eigenvalue weighted by Gasteiger charge is -2.38. The summed E-state index contributed by atoms with van der Waals surface area (Å²) in [6.07, 6.45) is 0. The first kappa shape index (κ1) is 16.8. The zero-order valence-electron chi connectivity index (χ0n) is 13.2. The number of hydrogen-bond acceptors (Lipinski definition) is 1. The minimum absolute atomic E-state index is 0.323. The minimum Gasteiger partial charge on any atom is -0.412 e. The predicted octanol–water partition coefficient (Wildman–Crippen LogP) is 5.35. The molecule has 1 rings (SSSR count). The summed E-state index contributed by atoms with van der Waals surface area (Å²) in [6.45, 7) is 16.2. The van der Waals surface area contributed by atoms with Crippen LogP contribution in [-0.2, 0) is 0 Å². The van der Waals surface area contributed by atoms with E-state index >= 15 is 0 Å². The maximum Gasteiger partial charge on any atom is 0.302 e. The van der Waals surface area contributed by atoms with Crippen LogP contribution in [0.3, 0.4) is 0 Å². The number of anilines is 1. The van der Waals surface area contributed by atoms with E-state index in [9.17, 15) is 0 Å². The number of hydrogen-bond donors (Lipinski definition) is 0. The van der Waals surface area contributed by atoms with E-state index in [0.29, 0.717) is 20.8 Å². The number of benzene rings is 1. The van der Waals surface area contributed by atoms with Gasteiger partial charge in [0.1, 0.15) is 8.24 Å². The molecule has 2 radical (unpaired) electrons. The molecule has 0 fully saturated rings. The molecule has 0 atom stereocenters. The van der Waals surface area contributed by atoms with Gasteiger partial charge in [-0.3, -0.25) is 0 Å². The molecule has 106 valence electrons. The van der Waals surface area contributed by atoms with Crippen molar-refractivity contribution in [1.29, 1.82) is 0 Å². The van der Waals surface area contributed by atoms with Crippen LogP contribution in [0.5, 0.6) is 0 Å². The van der Waals surface area contributed by atoms with Crippen LogP contribution in [0.4, 0.5) is 5.69 Å². The molecule has 0 saturated heterocycles. The van der Waals surface area contributed by atoms with Crippen molar-refractivity contribution in [3.63, 3.8) is 0 Å². The maximum atomic E-state index is 6.33. The van der Waals surface area contributed by atoms with E-state index in [4.69, 9.17) is 11.1 Å². The van der Waals surface area contributed by atoms with Gasteiger partial charge in [-0.05, 0) is 23.0 Å². The summed E-state index contributed by atoms with van der Waals surface area (Å²) >= 11 is 6.33. The number of para-hydroxylation sites is 1. The molecule has 0 spiro atoms. The lowest BCUT2D eigenvalue weighted by atomic mass is 9.93. The molecule has 0 N–H and O–H groups in total. The molecule has 0 unspecified atom stereocenters. The Morgan fingerprint density at radius 1 is 1.00 bits per heavy atom. The Morgan fingerprint density at radius 2 is 1.42 bits per heavy atom. The predicted molar refractivity (Wildman–Crippen MR) is 92.1 cm³/mol. The summed E-state index contributed by atoms with van der Waals surface area (Å²) in [6, 6.07) is 6.71. The lowest BCUT2D eigenvalue weighted by molar-refractivity contribution is 0.835. The van der Waals surface area contributed by atoms with Gasteiger partial charge in [0.2, 0.25) is 0 Å². The number of rotatable bonds is 5.